The quantitative estimate of drug-likeness (QED) is 0.813. The summed E-state index contributed by atoms with van der Waals surface area (Å²) in [6, 6.07) is 11.8. The lowest BCUT2D eigenvalue weighted by Crippen LogP contribution is -2.42. The molecule has 0 amide bonds. The number of nitrogens with zero attached hydrogens (tertiary/aromatic N) is 2. The van der Waals surface area contributed by atoms with Gasteiger partial charge >= 0.3 is 5.97 Å². The van der Waals surface area contributed by atoms with Crippen LogP contribution in [0.25, 0.3) is 11.3 Å². The zero-order valence-electron chi connectivity index (χ0n) is 11.4. The molecule has 0 saturated carbocycles. The number of aliphatic carboxylic acids is 1. The molecule has 104 valence electrons. The van der Waals surface area contributed by atoms with Crippen LogP contribution in [0.3, 0.4) is 0 Å². The van der Waals surface area contributed by atoms with E-state index in [0.29, 0.717) is 18.8 Å². The number of carboxylic acid groups (broad SMARTS) is 1. The summed E-state index contributed by atoms with van der Waals surface area (Å²) in [6.45, 7) is 2.43. The van der Waals surface area contributed by atoms with Gasteiger partial charge in [0.05, 0.1) is 0 Å². The predicted octanol–water partition coefficient (Wildman–Crippen LogP) is 1.79. The zero-order valence-corrected chi connectivity index (χ0v) is 11.4. The Morgan fingerprint density at radius 2 is 2.05 bits per heavy atom. The van der Waals surface area contributed by atoms with Crippen LogP contribution in [0.2, 0.25) is 0 Å². The minimum absolute atomic E-state index is 0.114. The van der Waals surface area contributed by atoms with E-state index < -0.39 is 5.97 Å². The summed E-state index contributed by atoms with van der Waals surface area (Å²) in [5.41, 5.74) is 8.80. The standard InChI is InChI=1S/C15H17N3O2/c1-11-10-13(12-6-3-2-4-7-12)17-18(15(11)16)9-5-8-14(19)20/h2-4,6-7,10,16H,5,8-9H2,1H3,(H,19,20)/p+1. The van der Waals surface area contributed by atoms with Crippen LogP contribution in [-0.4, -0.2) is 16.2 Å². The van der Waals surface area contributed by atoms with E-state index in [2.05, 4.69) is 5.10 Å². The maximum absolute atomic E-state index is 10.6. The third-order valence-corrected chi connectivity index (χ3v) is 3.09. The largest absolute Gasteiger partial charge is 0.481 e. The second-order valence-corrected chi connectivity index (χ2v) is 4.68. The van der Waals surface area contributed by atoms with E-state index in [-0.39, 0.29) is 6.42 Å². The number of aromatic nitrogens is 2. The normalized spacial score (nSPS) is 10.4. The monoisotopic (exact) mass is 272 g/mol. The van der Waals surface area contributed by atoms with Crippen molar-refractivity contribution in [2.75, 3.05) is 5.73 Å². The molecule has 0 spiro atoms. The smallest absolute Gasteiger partial charge is 0.303 e. The summed E-state index contributed by atoms with van der Waals surface area (Å²) in [5, 5.41) is 13.2. The first-order valence-corrected chi connectivity index (χ1v) is 6.52. The van der Waals surface area contributed by atoms with E-state index in [4.69, 9.17) is 10.8 Å². The van der Waals surface area contributed by atoms with Crippen LogP contribution in [0, 0.1) is 6.92 Å². The van der Waals surface area contributed by atoms with E-state index in [9.17, 15) is 4.79 Å². The SMILES string of the molecule is Cc1cc(-c2ccccc2)n[n+](CCCC(=O)O)c1N. The lowest BCUT2D eigenvalue weighted by Gasteiger charge is -2.07. The molecule has 0 saturated heterocycles. The number of carboxylic acids is 1. The van der Waals surface area contributed by atoms with Crippen molar-refractivity contribution in [3.63, 3.8) is 0 Å². The second kappa shape index (κ2) is 6.14. The first-order valence-electron chi connectivity index (χ1n) is 6.52. The van der Waals surface area contributed by atoms with Crippen LogP contribution in [0.5, 0.6) is 0 Å². The van der Waals surface area contributed by atoms with Gasteiger partial charge in [-0.25, -0.2) is 0 Å². The first kappa shape index (κ1) is 14.0. The molecule has 3 N–H and O–H groups in total. The molecule has 0 aliphatic rings. The Balaban J connectivity index is 2.28. The molecule has 1 aromatic heterocycles. The van der Waals surface area contributed by atoms with Crippen LogP contribution in [-0.2, 0) is 11.3 Å². The number of nitrogens with two attached hydrogens (primary N) is 1. The lowest BCUT2D eigenvalue weighted by molar-refractivity contribution is -0.740. The van der Waals surface area contributed by atoms with E-state index in [1.54, 1.807) is 4.68 Å². The highest BCUT2D eigenvalue weighted by molar-refractivity contribution is 5.66. The third-order valence-electron chi connectivity index (χ3n) is 3.09. The molecule has 0 radical (unpaired) electrons. The van der Waals surface area contributed by atoms with E-state index in [0.717, 1.165) is 16.8 Å². The van der Waals surface area contributed by atoms with Crippen LogP contribution in [0.4, 0.5) is 5.82 Å². The number of anilines is 1. The molecule has 5 heteroatoms. The Bertz CT molecular complexity index is 612. The van der Waals surface area contributed by atoms with Crippen molar-refractivity contribution < 1.29 is 14.6 Å². The Morgan fingerprint density at radius 3 is 2.70 bits per heavy atom. The predicted molar refractivity (Wildman–Crippen MR) is 75.9 cm³/mol. The van der Waals surface area contributed by atoms with Gasteiger partial charge in [0.25, 0.3) is 5.82 Å². The Hall–Kier alpha value is -2.43. The number of nitrogen functional groups attached to an aromatic ring is 1. The number of hydrogen-bond acceptors (Lipinski definition) is 3. The lowest BCUT2D eigenvalue weighted by atomic mass is 10.1. The van der Waals surface area contributed by atoms with Crippen molar-refractivity contribution in [2.45, 2.75) is 26.3 Å². The number of benzene rings is 1. The van der Waals surface area contributed by atoms with Gasteiger partial charge in [0.15, 0.2) is 0 Å². The molecule has 2 aromatic rings. The summed E-state index contributed by atoms with van der Waals surface area (Å²) in [7, 11) is 0. The van der Waals surface area contributed by atoms with Gasteiger partial charge in [-0.05, 0) is 19.4 Å². The summed E-state index contributed by atoms with van der Waals surface area (Å²) >= 11 is 0. The molecule has 5 nitrogen and oxygen atoms in total. The first-order chi connectivity index (χ1) is 9.58. The van der Waals surface area contributed by atoms with Gasteiger partial charge in [-0.1, -0.05) is 35.4 Å². The van der Waals surface area contributed by atoms with Crippen molar-refractivity contribution in [2.24, 2.45) is 0 Å². The summed E-state index contributed by atoms with van der Waals surface area (Å²) in [5.74, 6) is -0.227. The van der Waals surface area contributed by atoms with Gasteiger partial charge in [-0.3, -0.25) is 10.5 Å². The van der Waals surface area contributed by atoms with E-state index >= 15 is 0 Å². The molecule has 1 heterocycles. The Labute approximate surface area is 117 Å². The number of hydrogen-bond donors (Lipinski definition) is 2. The fraction of sp³-hybridized carbons (Fsp3) is 0.267. The highest BCUT2D eigenvalue weighted by Gasteiger charge is 2.13. The molecule has 20 heavy (non-hydrogen) atoms. The molecular weight excluding hydrogens is 254 g/mol. The van der Waals surface area contributed by atoms with E-state index in [1.807, 2.05) is 43.3 Å². The van der Waals surface area contributed by atoms with Gasteiger partial charge < -0.3 is 5.11 Å². The van der Waals surface area contributed by atoms with Crippen molar-refractivity contribution in [3.8, 4) is 11.3 Å². The molecule has 2 rings (SSSR count). The molecular formula is C15H18N3O2+. The summed E-state index contributed by atoms with van der Waals surface area (Å²) in [6.07, 6.45) is 0.623. The number of rotatable bonds is 5. The molecule has 0 fully saturated rings. The van der Waals surface area contributed by atoms with Gasteiger partial charge in [-0.2, -0.15) is 0 Å². The number of carbonyl (C=O) groups is 1. The molecule has 0 unspecified atom stereocenters. The molecule has 0 bridgehead atoms. The Morgan fingerprint density at radius 1 is 1.35 bits per heavy atom. The van der Waals surface area contributed by atoms with Gasteiger partial charge in [0, 0.05) is 17.5 Å². The maximum atomic E-state index is 10.6. The molecule has 1 aromatic carbocycles. The fourth-order valence-corrected chi connectivity index (χ4v) is 2.00. The summed E-state index contributed by atoms with van der Waals surface area (Å²) in [4.78, 5) is 10.6. The van der Waals surface area contributed by atoms with Crippen molar-refractivity contribution in [1.82, 2.24) is 5.10 Å². The van der Waals surface area contributed by atoms with Gasteiger partial charge in [-0.15, -0.1) is 4.68 Å². The minimum atomic E-state index is -0.805. The van der Waals surface area contributed by atoms with E-state index in [1.165, 1.54) is 0 Å². The average Bonchev–Trinajstić information content (AvgIpc) is 2.44. The van der Waals surface area contributed by atoms with Crippen molar-refractivity contribution in [3.05, 3.63) is 42.0 Å². The molecule has 0 aliphatic heterocycles. The molecule has 0 atom stereocenters. The van der Waals surface area contributed by atoms with Crippen molar-refractivity contribution in [1.29, 1.82) is 0 Å². The number of aryl methyl sites for hydroxylation is 2. The highest BCUT2D eigenvalue weighted by atomic mass is 16.4. The fourth-order valence-electron chi connectivity index (χ4n) is 2.00. The van der Waals surface area contributed by atoms with Crippen LogP contribution in [0.15, 0.2) is 36.4 Å². The maximum Gasteiger partial charge on any atom is 0.303 e. The zero-order chi connectivity index (χ0) is 14.5. The second-order valence-electron chi connectivity index (χ2n) is 4.68. The Kier molecular flexibility index (Phi) is 4.30. The third kappa shape index (κ3) is 3.32. The van der Waals surface area contributed by atoms with Gasteiger partial charge in [0.2, 0.25) is 0 Å². The van der Waals surface area contributed by atoms with Crippen LogP contribution < -0.4 is 10.4 Å². The van der Waals surface area contributed by atoms with Crippen molar-refractivity contribution >= 4 is 11.8 Å². The minimum Gasteiger partial charge on any atom is -0.481 e. The van der Waals surface area contributed by atoms with Gasteiger partial charge in [0.1, 0.15) is 12.2 Å². The topological polar surface area (TPSA) is 80.1 Å². The van der Waals surface area contributed by atoms with Crippen LogP contribution >= 0.6 is 0 Å². The average molecular weight is 272 g/mol. The molecule has 0 aliphatic carbocycles. The van der Waals surface area contributed by atoms with Crippen LogP contribution in [0.1, 0.15) is 18.4 Å². The highest BCUT2D eigenvalue weighted by Crippen LogP contribution is 2.17. The summed E-state index contributed by atoms with van der Waals surface area (Å²) < 4.78 is 1.68.